The van der Waals surface area contributed by atoms with Gasteiger partial charge in [0, 0.05) is 25.5 Å². The molecule has 4 heteroatoms. The summed E-state index contributed by atoms with van der Waals surface area (Å²) in [6, 6.07) is 9.97. The van der Waals surface area contributed by atoms with Crippen LogP contribution in [0.15, 0.2) is 39.9 Å². The summed E-state index contributed by atoms with van der Waals surface area (Å²) in [5.41, 5.74) is 7.13. The Kier molecular flexibility index (Phi) is 4.45. The Labute approximate surface area is 153 Å². The first-order valence-corrected chi connectivity index (χ1v) is 8.67. The average molecular weight is 348 g/mol. The quantitative estimate of drug-likeness (QED) is 0.724. The van der Waals surface area contributed by atoms with Crippen LogP contribution in [0.25, 0.3) is 11.1 Å². The molecule has 0 bridgehead atoms. The van der Waals surface area contributed by atoms with E-state index in [2.05, 4.69) is 11.4 Å². The average Bonchev–Trinajstić information content (AvgIpc) is 2.59. The standard InChI is InChI=1S/C22H24N2O2/c1-12-7-8-16(11-18(12)24(5)6)23-20-19(21(25)22(20)26)17-10-14(3)13(2)9-15(17)4/h7-11,23H,1-6H3. The Bertz CT molecular complexity index is 1070. The summed E-state index contributed by atoms with van der Waals surface area (Å²) in [5.74, 6) is 0. The molecule has 0 fully saturated rings. The van der Waals surface area contributed by atoms with E-state index in [0.29, 0.717) is 11.3 Å². The topological polar surface area (TPSA) is 49.4 Å². The first kappa shape index (κ1) is 17.9. The van der Waals surface area contributed by atoms with E-state index in [1.807, 2.05) is 71.0 Å². The smallest absolute Gasteiger partial charge is 0.250 e. The highest BCUT2D eigenvalue weighted by molar-refractivity contribution is 5.87. The van der Waals surface area contributed by atoms with Gasteiger partial charge in [-0.25, -0.2) is 0 Å². The number of anilines is 3. The van der Waals surface area contributed by atoms with Gasteiger partial charge in [-0.2, -0.15) is 0 Å². The molecule has 26 heavy (non-hydrogen) atoms. The van der Waals surface area contributed by atoms with Gasteiger partial charge in [-0.05, 0) is 67.6 Å². The summed E-state index contributed by atoms with van der Waals surface area (Å²) in [4.78, 5) is 26.5. The molecule has 0 radical (unpaired) electrons. The molecule has 0 saturated heterocycles. The van der Waals surface area contributed by atoms with Crippen LogP contribution in [-0.4, -0.2) is 14.1 Å². The van der Waals surface area contributed by atoms with Crippen molar-refractivity contribution in [1.82, 2.24) is 0 Å². The number of nitrogens with one attached hydrogen (secondary N) is 1. The summed E-state index contributed by atoms with van der Waals surface area (Å²) in [5, 5.41) is 3.17. The molecule has 0 atom stereocenters. The van der Waals surface area contributed by atoms with Gasteiger partial charge in [0.05, 0.1) is 5.56 Å². The summed E-state index contributed by atoms with van der Waals surface area (Å²) < 4.78 is 0. The first-order valence-electron chi connectivity index (χ1n) is 8.67. The van der Waals surface area contributed by atoms with Crippen molar-refractivity contribution in [3.05, 3.63) is 73.0 Å². The molecule has 0 aromatic heterocycles. The van der Waals surface area contributed by atoms with Crippen LogP contribution in [0.2, 0.25) is 0 Å². The summed E-state index contributed by atoms with van der Waals surface area (Å²) in [6.45, 7) is 8.07. The largest absolute Gasteiger partial charge is 0.377 e. The Balaban J connectivity index is 2.06. The molecule has 3 rings (SSSR count). The fourth-order valence-corrected chi connectivity index (χ4v) is 3.31. The lowest BCUT2D eigenvalue weighted by atomic mass is 9.91. The molecule has 3 aromatic carbocycles. The van der Waals surface area contributed by atoms with Gasteiger partial charge in [-0.3, -0.25) is 9.59 Å². The molecule has 0 saturated carbocycles. The third-order valence-corrected chi connectivity index (χ3v) is 4.98. The van der Waals surface area contributed by atoms with Gasteiger partial charge in [0.25, 0.3) is 5.43 Å². The van der Waals surface area contributed by atoms with Crippen LogP contribution in [0.1, 0.15) is 22.3 Å². The van der Waals surface area contributed by atoms with Gasteiger partial charge in [-0.1, -0.05) is 18.2 Å². The lowest BCUT2D eigenvalue weighted by Crippen LogP contribution is -2.35. The van der Waals surface area contributed by atoms with E-state index >= 15 is 0 Å². The number of hydrogen-bond acceptors (Lipinski definition) is 4. The van der Waals surface area contributed by atoms with E-state index in [1.165, 1.54) is 5.56 Å². The normalized spacial score (nSPS) is 11.0. The molecule has 4 nitrogen and oxygen atoms in total. The number of benzene rings is 2. The van der Waals surface area contributed by atoms with Gasteiger partial charge >= 0.3 is 0 Å². The molecule has 1 N–H and O–H groups in total. The lowest BCUT2D eigenvalue weighted by molar-refractivity contribution is 1.11. The third kappa shape index (κ3) is 2.92. The van der Waals surface area contributed by atoms with Gasteiger partial charge in [0.1, 0.15) is 5.69 Å². The third-order valence-electron chi connectivity index (χ3n) is 4.98. The number of hydrogen-bond donors (Lipinski definition) is 1. The number of nitrogens with zero attached hydrogens (tertiary/aromatic N) is 1. The Morgan fingerprint density at radius 3 is 2.08 bits per heavy atom. The zero-order chi connectivity index (χ0) is 19.2. The van der Waals surface area contributed by atoms with E-state index in [-0.39, 0.29) is 0 Å². The SMILES string of the molecule is Cc1cc(C)c(-c2c(Nc3ccc(C)c(N(C)C)c3)c(=O)c2=O)cc1C. The molecule has 0 aliphatic heterocycles. The Hall–Kier alpha value is -2.88. The maximum absolute atomic E-state index is 12.3. The Morgan fingerprint density at radius 2 is 1.42 bits per heavy atom. The molecule has 0 spiro atoms. The summed E-state index contributed by atoms with van der Waals surface area (Å²) in [6.07, 6.45) is 0. The van der Waals surface area contributed by atoms with Gasteiger partial charge in [-0.15, -0.1) is 0 Å². The van der Waals surface area contributed by atoms with E-state index in [0.717, 1.165) is 33.6 Å². The maximum atomic E-state index is 12.3. The fourth-order valence-electron chi connectivity index (χ4n) is 3.31. The second kappa shape index (κ2) is 6.45. The lowest BCUT2D eigenvalue weighted by Gasteiger charge is -2.19. The number of rotatable bonds is 4. The van der Waals surface area contributed by atoms with Crippen LogP contribution in [0, 0.1) is 27.7 Å². The van der Waals surface area contributed by atoms with Gasteiger partial charge < -0.3 is 10.2 Å². The monoisotopic (exact) mass is 348 g/mol. The highest BCUT2D eigenvalue weighted by Crippen LogP contribution is 2.32. The molecular formula is C22H24N2O2. The predicted octanol–water partition coefficient (Wildman–Crippen LogP) is 3.99. The first-order chi connectivity index (χ1) is 12.2. The van der Waals surface area contributed by atoms with Crippen molar-refractivity contribution in [2.24, 2.45) is 0 Å². The number of aryl methyl sites for hydroxylation is 4. The van der Waals surface area contributed by atoms with Crippen molar-refractivity contribution in [2.75, 3.05) is 24.3 Å². The van der Waals surface area contributed by atoms with Crippen LogP contribution in [0.3, 0.4) is 0 Å². The van der Waals surface area contributed by atoms with Crippen LogP contribution in [0.4, 0.5) is 17.1 Å². The molecule has 0 amide bonds. The molecule has 0 unspecified atom stereocenters. The molecule has 3 aromatic rings. The minimum Gasteiger partial charge on any atom is -0.377 e. The van der Waals surface area contributed by atoms with Crippen LogP contribution in [-0.2, 0) is 0 Å². The highest BCUT2D eigenvalue weighted by atomic mass is 16.2. The van der Waals surface area contributed by atoms with Crippen molar-refractivity contribution < 1.29 is 0 Å². The van der Waals surface area contributed by atoms with E-state index < -0.39 is 10.9 Å². The van der Waals surface area contributed by atoms with E-state index in [1.54, 1.807) is 0 Å². The van der Waals surface area contributed by atoms with E-state index in [9.17, 15) is 9.59 Å². The minimum absolute atomic E-state index is 0.384. The summed E-state index contributed by atoms with van der Waals surface area (Å²) >= 11 is 0. The highest BCUT2D eigenvalue weighted by Gasteiger charge is 2.24. The van der Waals surface area contributed by atoms with E-state index in [4.69, 9.17) is 0 Å². The van der Waals surface area contributed by atoms with Crippen LogP contribution < -0.4 is 21.1 Å². The molecule has 0 heterocycles. The van der Waals surface area contributed by atoms with Crippen LogP contribution >= 0.6 is 0 Å². The van der Waals surface area contributed by atoms with Crippen molar-refractivity contribution in [1.29, 1.82) is 0 Å². The molecule has 134 valence electrons. The predicted molar refractivity (Wildman–Crippen MR) is 110 cm³/mol. The van der Waals surface area contributed by atoms with Crippen molar-refractivity contribution in [2.45, 2.75) is 27.7 Å². The fraction of sp³-hybridized carbons (Fsp3) is 0.273. The second-order valence-electron chi connectivity index (χ2n) is 7.18. The van der Waals surface area contributed by atoms with Crippen molar-refractivity contribution in [3.63, 3.8) is 0 Å². The molecule has 0 aliphatic carbocycles. The van der Waals surface area contributed by atoms with Crippen LogP contribution in [0.5, 0.6) is 0 Å². The second-order valence-corrected chi connectivity index (χ2v) is 7.18. The zero-order valence-corrected chi connectivity index (χ0v) is 16.2. The molecular weight excluding hydrogens is 324 g/mol. The minimum atomic E-state index is -0.454. The zero-order valence-electron chi connectivity index (χ0n) is 16.2. The maximum Gasteiger partial charge on any atom is 0.250 e. The van der Waals surface area contributed by atoms with Gasteiger partial charge in [0.15, 0.2) is 0 Å². The van der Waals surface area contributed by atoms with Crippen molar-refractivity contribution in [3.8, 4) is 11.1 Å². The molecule has 0 aliphatic rings. The van der Waals surface area contributed by atoms with Crippen molar-refractivity contribution >= 4 is 17.1 Å². The summed E-state index contributed by atoms with van der Waals surface area (Å²) in [7, 11) is 3.96. The van der Waals surface area contributed by atoms with Gasteiger partial charge in [0.2, 0.25) is 5.43 Å². The Morgan fingerprint density at radius 1 is 0.769 bits per heavy atom.